The van der Waals surface area contributed by atoms with Crippen molar-refractivity contribution in [1.29, 1.82) is 0 Å². The number of ether oxygens (including phenoxy) is 1. The van der Waals surface area contributed by atoms with Gasteiger partial charge in [-0.1, -0.05) is 6.07 Å². The van der Waals surface area contributed by atoms with Crippen molar-refractivity contribution in [1.82, 2.24) is 5.32 Å². The first-order valence-corrected chi connectivity index (χ1v) is 8.52. The van der Waals surface area contributed by atoms with Crippen LogP contribution in [0.2, 0.25) is 0 Å². The molecule has 0 fully saturated rings. The number of furan rings is 1. The first-order valence-electron chi connectivity index (χ1n) is 8.52. The van der Waals surface area contributed by atoms with E-state index >= 15 is 0 Å². The summed E-state index contributed by atoms with van der Waals surface area (Å²) < 4.78 is 34.4. The Morgan fingerprint density at radius 1 is 1.41 bits per heavy atom. The molecule has 3 rings (SSSR count). The number of carboxylic acids is 1. The summed E-state index contributed by atoms with van der Waals surface area (Å²) in [6.45, 7) is -1.22. The van der Waals surface area contributed by atoms with Crippen LogP contribution >= 0.6 is 0 Å². The predicted octanol–water partition coefficient (Wildman–Crippen LogP) is 3.62. The first kappa shape index (κ1) is 18.9. The number of fused-ring (bicyclic) bond motifs is 1. The molecule has 1 aromatic heterocycles. The Balaban J connectivity index is 1.81. The standard InChI is InChI=1S/C19H19F2NO5/c1-10-9-26-15(8-16(23)24)17(10)18(25)22-14-4-2-3-11-7-12(27-19(20)21)5-6-13(11)14/h5-7,9,14,19H,2-4,8H2,1H3,(H,22,25)(H,23,24). The van der Waals surface area contributed by atoms with Gasteiger partial charge in [0.2, 0.25) is 0 Å². The van der Waals surface area contributed by atoms with Gasteiger partial charge in [-0.2, -0.15) is 8.78 Å². The summed E-state index contributed by atoms with van der Waals surface area (Å²) in [6, 6.07) is 4.40. The van der Waals surface area contributed by atoms with Gasteiger partial charge in [-0.3, -0.25) is 9.59 Å². The molecule has 1 aliphatic carbocycles. The second-order valence-electron chi connectivity index (χ2n) is 6.44. The number of amides is 1. The molecule has 0 radical (unpaired) electrons. The molecule has 0 spiro atoms. The van der Waals surface area contributed by atoms with Gasteiger partial charge in [0.1, 0.15) is 17.9 Å². The van der Waals surface area contributed by atoms with Gasteiger partial charge in [0.15, 0.2) is 0 Å². The van der Waals surface area contributed by atoms with E-state index < -0.39 is 18.5 Å². The normalized spacial score (nSPS) is 16.1. The van der Waals surface area contributed by atoms with E-state index in [9.17, 15) is 18.4 Å². The lowest BCUT2D eigenvalue weighted by atomic mass is 9.87. The fourth-order valence-corrected chi connectivity index (χ4v) is 3.42. The Morgan fingerprint density at radius 2 is 2.19 bits per heavy atom. The molecule has 2 N–H and O–H groups in total. The van der Waals surface area contributed by atoms with Crippen LogP contribution in [0.15, 0.2) is 28.9 Å². The molecule has 144 valence electrons. The van der Waals surface area contributed by atoms with Gasteiger partial charge in [0.05, 0.1) is 17.9 Å². The summed E-state index contributed by atoms with van der Waals surface area (Å²) in [5.41, 5.74) is 2.47. The molecule has 0 aliphatic heterocycles. The molecule has 1 heterocycles. The number of rotatable bonds is 6. The van der Waals surface area contributed by atoms with Crippen LogP contribution in [0.3, 0.4) is 0 Å². The molecule has 27 heavy (non-hydrogen) atoms. The van der Waals surface area contributed by atoms with E-state index in [1.807, 2.05) is 0 Å². The van der Waals surface area contributed by atoms with Crippen LogP contribution in [0, 0.1) is 6.92 Å². The van der Waals surface area contributed by atoms with Crippen LogP contribution in [-0.2, 0) is 17.6 Å². The van der Waals surface area contributed by atoms with Crippen LogP contribution in [-0.4, -0.2) is 23.6 Å². The molecular formula is C19H19F2NO5. The molecule has 1 amide bonds. The highest BCUT2D eigenvalue weighted by molar-refractivity contribution is 5.97. The third kappa shape index (κ3) is 4.27. The van der Waals surface area contributed by atoms with Gasteiger partial charge in [-0.05, 0) is 49.4 Å². The van der Waals surface area contributed by atoms with Crippen molar-refractivity contribution in [2.45, 2.75) is 45.3 Å². The molecule has 2 aromatic rings. The van der Waals surface area contributed by atoms with Crippen molar-refractivity contribution in [2.24, 2.45) is 0 Å². The Labute approximate surface area is 154 Å². The van der Waals surface area contributed by atoms with Gasteiger partial charge < -0.3 is 19.6 Å². The highest BCUT2D eigenvalue weighted by Crippen LogP contribution is 2.33. The Morgan fingerprint density at radius 3 is 2.89 bits per heavy atom. The van der Waals surface area contributed by atoms with E-state index in [0.717, 1.165) is 17.5 Å². The minimum atomic E-state index is -2.89. The van der Waals surface area contributed by atoms with Crippen molar-refractivity contribution in [3.63, 3.8) is 0 Å². The number of alkyl halides is 2. The predicted molar refractivity (Wildman–Crippen MR) is 91.0 cm³/mol. The maximum atomic E-state index is 12.7. The number of carboxylic acid groups (broad SMARTS) is 1. The molecule has 0 bridgehead atoms. The maximum absolute atomic E-state index is 12.7. The number of benzene rings is 1. The highest BCUT2D eigenvalue weighted by Gasteiger charge is 2.26. The number of aliphatic carboxylic acids is 1. The van der Waals surface area contributed by atoms with Gasteiger partial charge in [0.25, 0.3) is 5.91 Å². The molecule has 1 atom stereocenters. The number of hydrogen-bond acceptors (Lipinski definition) is 4. The van der Waals surface area contributed by atoms with E-state index in [0.29, 0.717) is 18.4 Å². The summed E-state index contributed by atoms with van der Waals surface area (Å²) in [7, 11) is 0. The number of carbonyl (C=O) groups excluding carboxylic acids is 1. The van der Waals surface area contributed by atoms with Gasteiger partial charge >= 0.3 is 12.6 Å². The highest BCUT2D eigenvalue weighted by atomic mass is 19.3. The van der Waals surface area contributed by atoms with E-state index in [-0.39, 0.29) is 29.5 Å². The van der Waals surface area contributed by atoms with Crippen LogP contribution in [0.4, 0.5) is 8.78 Å². The molecule has 8 heteroatoms. The number of aryl methyl sites for hydroxylation is 2. The van der Waals surface area contributed by atoms with Crippen molar-refractivity contribution in [2.75, 3.05) is 0 Å². The second kappa shape index (κ2) is 7.77. The number of nitrogens with one attached hydrogen (secondary N) is 1. The molecule has 6 nitrogen and oxygen atoms in total. The second-order valence-corrected chi connectivity index (χ2v) is 6.44. The summed E-state index contributed by atoms with van der Waals surface area (Å²) in [5.74, 6) is -1.31. The third-order valence-electron chi connectivity index (χ3n) is 4.55. The fourth-order valence-electron chi connectivity index (χ4n) is 3.42. The van der Waals surface area contributed by atoms with Crippen molar-refractivity contribution in [3.8, 4) is 5.75 Å². The van der Waals surface area contributed by atoms with Crippen molar-refractivity contribution >= 4 is 11.9 Å². The minimum Gasteiger partial charge on any atom is -0.481 e. The molecule has 1 aliphatic rings. The van der Waals surface area contributed by atoms with E-state index in [4.69, 9.17) is 9.52 Å². The topological polar surface area (TPSA) is 88.8 Å². The summed E-state index contributed by atoms with van der Waals surface area (Å²) in [4.78, 5) is 23.7. The zero-order chi connectivity index (χ0) is 19.6. The van der Waals surface area contributed by atoms with Crippen LogP contribution in [0.25, 0.3) is 0 Å². The van der Waals surface area contributed by atoms with E-state index in [2.05, 4.69) is 10.1 Å². The number of hydrogen-bond donors (Lipinski definition) is 2. The van der Waals surface area contributed by atoms with E-state index in [1.165, 1.54) is 12.3 Å². The molecule has 0 saturated heterocycles. The van der Waals surface area contributed by atoms with Gasteiger partial charge in [-0.15, -0.1) is 0 Å². The maximum Gasteiger partial charge on any atom is 0.387 e. The first-order chi connectivity index (χ1) is 12.8. The SMILES string of the molecule is Cc1coc(CC(=O)O)c1C(=O)NC1CCCc2cc(OC(F)F)ccc21. The largest absolute Gasteiger partial charge is 0.481 e. The number of carbonyl (C=O) groups is 2. The smallest absolute Gasteiger partial charge is 0.387 e. The van der Waals surface area contributed by atoms with Gasteiger partial charge in [0, 0.05) is 5.56 Å². The zero-order valence-electron chi connectivity index (χ0n) is 14.6. The van der Waals surface area contributed by atoms with Crippen LogP contribution in [0.5, 0.6) is 5.75 Å². The van der Waals surface area contributed by atoms with Crippen molar-refractivity contribution in [3.05, 3.63) is 52.5 Å². The molecule has 1 unspecified atom stereocenters. The summed E-state index contributed by atoms with van der Waals surface area (Å²) in [6.07, 6.45) is 3.15. The summed E-state index contributed by atoms with van der Waals surface area (Å²) >= 11 is 0. The lowest BCUT2D eigenvalue weighted by Crippen LogP contribution is -2.31. The molecule has 0 saturated carbocycles. The molecule has 1 aromatic carbocycles. The Bertz CT molecular complexity index is 862. The van der Waals surface area contributed by atoms with Crippen LogP contribution < -0.4 is 10.1 Å². The van der Waals surface area contributed by atoms with Crippen molar-refractivity contribution < 1.29 is 32.6 Å². The Kier molecular flexibility index (Phi) is 5.43. The van der Waals surface area contributed by atoms with Gasteiger partial charge in [-0.25, -0.2) is 0 Å². The Hall–Kier alpha value is -2.90. The fraction of sp³-hybridized carbons (Fsp3) is 0.368. The third-order valence-corrected chi connectivity index (χ3v) is 4.55. The lowest BCUT2D eigenvalue weighted by Gasteiger charge is -2.27. The number of halogens is 2. The summed E-state index contributed by atoms with van der Waals surface area (Å²) in [5, 5.41) is 11.9. The molecular weight excluding hydrogens is 360 g/mol. The average Bonchev–Trinajstić information content (AvgIpc) is 2.94. The minimum absolute atomic E-state index is 0.0881. The average molecular weight is 379 g/mol. The van der Waals surface area contributed by atoms with Crippen LogP contribution in [0.1, 0.15) is 51.7 Å². The lowest BCUT2D eigenvalue weighted by molar-refractivity contribution is -0.136. The quantitative estimate of drug-likeness (QED) is 0.800. The van der Waals surface area contributed by atoms with E-state index in [1.54, 1.807) is 19.1 Å². The zero-order valence-corrected chi connectivity index (χ0v) is 14.6. The monoisotopic (exact) mass is 379 g/mol.